The van der Waals surface area contributed by atoms with Crippen molar-refractivity contribution in [3.63, 3.8) is 0 Å². The molecule has 0 spiro atoms. The smallest absolute Gasteiger partial charge is 0.0900 e. The molecule has 1 unspecified atom stereocenters. The first-order valence-electron chi connectivity index (χ1n) is 7.58. The van der Waals surface area contributed by atoms with Gasteiger partial charge in [-0.25, -0.2) is 0 Å². The van der Waals surface area contributed by atoms with Crippen molar-refractivity contribution >= 4 is 0 Å². The molecule has 0 saturated heterocycles. The van der Waals surface area contributed by atoms with Crippen molar-refractivity contribution in [2.45, 2.75) is 52.9 Å². The highest BCUT2D eigenvalue weighted by Gasteiger charge is 2.12. The fourth-order valence-electron chi connectivity index (χ4n) is 2.27. The molecule has 114 valence electrons. The molecule has 0 amide bonds. The van der Waals surface area contributed by atoms with Gasteiger partial charge in [0.25, 0.3) is 0 Å². The number of aryl methyl sites for hydroxylation is 1. The number of rotatable bonds is 9. The van der Waals surface area contributed by atoms with Gasteiger partial charge in [0.2, 0.25) is 0 Å². The van der Waals surface area contributed by atoms with E-state index >= 15 is 0 Å². The maximum atomic E-state index is 10.1. The predicted octanol–water partition coefficient (Wildman–Crippen LogP) is 2.99. The van der Waals surface area contributed by atoms with Crippen molar-refractivity contribution < 1.29 is 9.84 Å². The Hall–Kier alpha value is -0.900. The Balaban J connectivity index is 2.51. The third-order valence-electron chi connectivity index (χ3n) is 3.12. The lowest BCUT2D eigenvalue weighted by Gasteiger charge is -2.25. The molecule has 0 radical (unpaired) electrons. The molecule has 0 aliphatic heterocycles. The second-order valence-corrected chi connectivity index (χ2v) is 5.76. The minimum Gasteiger partial charge on any atom is -0.389 e. The van der Waals surface area contributed by atoms with Crippen molar-refractivity contribution in [1.82, 2.24) is 4.90 Å². The molecule has 0 saturated carbocycles. The largest absolute Gasteiger partial charge is 0.389 e. The summed E-state index contributed by atoms with van der Waals surface area (Å²) in [4.78, 5) is 2.29. The number of benzene rings is 1. The quantitative estimate of drug-likeness (QED) is 0.754. The van der Waals surface area contributed by atoms with Gasteiger partial charge in [-0.1, -0.05) is 36.8 Å². The number of hydrogen-bond acceptors (Lipinski definition) is 3. The molecule has 0 bridgehead atoms. The average molecular weight is 279 g/mol. The van der Waals surface area contributed by atoms with Gasteiger partial charge < -0.3 is 9.84 Å². The number of hydrogen-bond donors (Lipinski definition) is 1. The molecule has 0 aliphatic rings. The highest BCUT2D eigenvalue weighted by Crippen LogP contribution is 2.09. The normalized spacial score (nSPS) is 13.2. The molecule has 0 aliphatic carbocycles. The van der Waals surface area contributed by atoms with Crippen LogP contribution in [0.15, 0.2) is 24.3 Å². The highest BCUT2D eigenvalue weighted by molar-refractivity contribution is 5.22. The van der Waals surface area contributed by atoms with Crippen molar-refractivity contribution in [2.75, 3.05) is 19.7 Å². The molecule has 3 heteroatoms. The van der Waals surface area contributed by atoms with Crippen LogP contribution in [0.25, 0.3) is 0 Å². The zero-order valence-corrected chi connectivity index (χ0v) is 13.3. The van der Waals surface area contributed by atoms with Gasteiger partial charge in [-0.2, -0.15) is 0 Å². The van der Waals surface area contributed by atoms with Crippen LogP contribution in [-0.2, 0) is 11.3 Å². The van der Waals surface area contributed by atoms with Crippen molar-refractivity contribution in [1.29, 1.82) is 0 Å². The summed E-state index contributed by atoms with van der Waals surface area (Å²) in [6.07, 6.45) is 0.832. The molecular weight excluding hydrogens is 250 g/mol. The van der Waals surface area contributed by atoms with E-state index in [4.69, 9.17) is 4.74 Å². The van der Waals surface area contributed by atoms with E-state index in [9.17, 15) is 5.11 Å². The van der Waals surface area contributed by atoms with E-state index in [1.165, 1.54) is 11.1 Å². The molecule has 20 heavy (non-hydrogen) atoms. The topological polar surface area (TPSA) is 32.7 Å². The van der Waals surface area contributed by atoms with Crippen LogP contribution in [-0.4, -0.2) is 41.9 Å². The lowest BCUT2D eigenvalue weighted by molar-refractivity contribution is -0.00949. The van der Waals surface area contributed by atoms with E-state index in [0.717, 1.165) is 19.5 Å². The van der Waals surface area contributed by atoms with E-state index in [2.05, 4.69) is 43.0 Å². The molecule has 1 aromatic rings. The summed E-state index contributed by atoms with van der Waals surface area (Å²) in [5.41, 5.74) is 2.58. The van der Waals surface area contributed by atoms with Crippen LogP contribution in [0.1, 0.15) is 38.3 Å². The molecular formula is C17H29NO2. The Morgan fingerprint density at radius 2 is 2.05 bits per heavy atom. The number of ether oxygens (including phenoxy) is 1. The molecule has 1 aromatic carbocycles. The number of nitrogens with zero attached hydrogens (tertiary/aromatic N) is 1. The zero-order valence-electron chi connectivity index (χ0n) is 13.3. The molecule has 1 N–H and O–H groups in total. The monoisotopic (exact) mass is 279 g/mol. The molecule has 0 heterocycles. The van der Waals surface area contributed by atoms with Crippen molar-refractivity contribution in [3.05, 3.63) is 35.4 Å². The van der Waals surface area contributed by atoms with Gasteiger partial charge >= 0.3 is 0 Å². The number of aliphatic hydroxyl groups is 1. The summed E-state index contributed by atoms with van der Waals surface area (Å²) < 4.78 is 5.48. The van der Waals surface area contributed by atoms with E-state index in [1.54, 1.807) is 0 Å². The highest BCUT2D eigenvalue weighted by atomic mass is 16.5. The van der Waals surface area contributed by atoms with Gasteiger partial charge in [-0.15, -0.1) is 0 Å². The fraction of sp³-hybridized carbons (Fsp3) is 0.647. The second-order valence-electron chi connectivity index (χ2n) is 5.76. The second kappa shape index (κ2) is 9.11. The summed E-state index contributed by atoms with van der Waals surface area (Å²) in [7, 11) is 0. The SMILES string of the molecule is CCCN(Cc1cccc(C)c1)CC(O)COC(C)C. The van der Waals surface area contributed by atoms with Crippen LogP contribution in [0.3, 0.4) is 0 Å². The first-order chi connectivity index (χ1) is 9.51. The Labute approximate surface area is 123 Å². The van der Waals surface area contributed by atoms with E-state index in [0.29, 0.717) is 13.2 Å². The Kier molecular flexibility index (Phi) is 7.82. The zero-order chi connectivity index (χ0) is 15.0. The summed E-state index contributed by atoms with van der Waals surface area (Å²) in [5, 5.41) is 10.1. The van der Waals surface area contributed by atoms with Crippen LogP contribution in [0, 0.1) is 6.92 Å². The van der Waals surface area contributed by atoms with Crippen LogP contribution < -0.4 is 0 Å². The van der Waals surface area contributed by atoms with Crippen molar-refractivity contribution in [3.8, 4) is 0 Å². The maximum absolute atomic E-state index is 10.1. The van der Waals surface area contributed by atoms with Gasteiger partial charge in [-0.05, 0) is 39.3 Å². The summed E-state index contributed by atoms with van der Waals surface area (Å²) >= 11 is 0. The minimum absolute atomic E-state index is 0.168. The van der Waals surface area contributed by atoms with E-state index in [-0.39, 0.29) is 6.10 Å². The molecule has 1 rings (SSSR count). The molecule has 1 atom stereocenters. The first-order valence-corrected chi connectivity index (χ1v) is 7.58. The lowest BCUT2D eigenvalue weighted by Crippen LogP contribution is -2.35. The fourth-order valence-corrected chi connectivity index (χ4v) is 2.27. The Bertz CT molecular complexity index is 379. The van der Waals surface area contributed by atoms with Crippen LogP contribution in [0.2, 0.25) is 0 Å². The van der Waals surface area contributed by atoms with Crippen molar-refractivity contribution in [2.24, 2.45) is 0 Å². The van der Waals surface area contributed by atoms with Crippen LogP contribution in [0.5, 0.6) is 0 Å². The average Bonchev–Trinajstić information content (AvgIpc) is 2.36. The predicted molar refractivity (Wildman–Crippen MR) is 83.8 cm³/mol. The maximum Gasteiger partial charge on any atom is 0.0900 e. The molecule has 0 aromatic heterocycles. The lowest BCUT2D eigenvalue weighted by atomic mass is 10.1. The van der Waals surface area contributed by atoms with Gasteiger partial charge in [0.05, 0.1) is 18.8 Å². The number of aliphatic hydroxyl groups excluding tert-OH is 1. The van der Waals surface area contributed by atoms with E-state index in [1.807, 2.05) is 13.8 Å². The van der Waals surface area contributed by atoms with Crippen LogP contribution >= 0.6 is 0 Å². The standard InChI is InChI=1S/C17H29NO2/c1-5-9-18(12-17(19)13-20-14(2)3)11-16-8-6-7-15(4)10-16/h6-8,10,14,17,19H,5,9,11-13H2,1-4H3. The third kappa shape index (κ3) is 7.04. The summed E-state index contributed by atoms with van der Waals surface area (Å²) in [6.45, 7) is 11.2. The first kappa shape index (κ1) is 17.2. The Morgan fingerprint density at radius 1 is 1.30 bits per heavy atom. The Morgan fingerprint density at radius 3 is 2.65 bits per heavy atom. The van der Waals surface area contributed by atoms with Gasteiger partial charge in [0.15, 0.2) is 0 Å². The van der Waals surface area contributed by atoms with Crippen LogP contribution in [0.4, 0.5) is 0 Å². The summed E-state index contributed by atoms with van der Waals surface area (Å²) in [5.74, 6) is 0. The third-order valence-corrected chi connectivity index (χ3v) is 3.12. The molecule has 3 nitrogen and oxygen atoms in total. The minimum atomic E-state index is -0.422. The summed E-state index contributed by atoms with van der Waals surface area (Å²) in [6, 6.07) is 8.55. The van der Waals surface area contributed by atoms with Gasteiger partial charge in [-0.3, -0.25) is 4.90 Å². The van der Waals surface area contributed by atoms with Gasteiger partial charge in [0.1, 0.15) is 0 Å². The van der Waals surface area contributed by atoms with Gasteiger partial charge in [0, 0.05) is 13.1 Å². The molecule has 0 fully saturated rings. The van der Waals surface area contributed by atoms with E-state index < -0.39 is 6.10 Å².